The summed E-state index contributed by atoms with van der Waals surface area (Å²) in [6.07, 6.45) is 5.90. The number of anilines is 1. The minimum Gasteiger partial charge on any atom is -0.391 e. The maximum atomic E-state index is 10.7. The topological polar surface area (TPSA) is 78.5 Å². The largest absolute Gasteiger partial charge is 0.391 e. The Balaban J connectivity index is 1.46. The fourth-order valence-electron chi connectivity index (χ4n) is 4.72. The van der Waals surface area contributed by atoms with Crippen molar-refractivity contribution in [2.45, 2.75) is 52.6 Å². The monoisotopic (exact) mass is 399 g/mol. The number of likely N-dealkylation sites (tertiary alicyclic amines) is 1. The van der Waals surface area contributed by atoms with Gasteiger partial charge in [-0.05, 0) is 75.7 Å². The van der Waals surface area contributed by atoms with Gasteiger partial charge in [-0.15, -0.1) is 0 Å². The molecule has 0 saturated carbocycles. The van der Waals surface area contributed by atoms with Crippen LogP contribution in [0.5, 0.6) is 0 Å². The number of nitrogens with zero attached hydrogens (tertiary/aromatic N) is 5. The van der Waals surface area contributed by atoms with Gasteiger partial charge in [0.15, 0.2) is 5.82 Å². The number of β-amino-alcohol motifs (C(OH)–C–C–N with tert-alkyl or cyclic N) is 1. The van der Waals surface area contributed by atoms with Crippen molar-refractivity contribution in [2.75, 3.05) is 37.6 Å². The number of pyridine rings is 1. The first-order valence-electron chi connectivity index (χ1n) is 10.8. The number of hydrogen-bond acceptors (Lipinski definition) is 7. The first kappa shape index (κ1) is 20.3. The highest BCUT2D eigenvalue weighted by atomic mass is 16.5. The molecule has 1 spiro atoms. The van der Waals surface area contributed by atoms with Crippen LogP contribution >= 0.6 is 0 Å². The molecule has 0 amide bonds. The van der Waals surface area contributed by atoms with Crippen LogP contribution in [-0.4, -0.2) is 64.0 Å². The fraction of sp³-hybridized carbons (Fsp3) is 0.682. The number of aromatic nitrogens is 3. The molecule has 0 radical (unpaired) electrons. The fourth-order valence-corrected chi connectivity index (χ4v) is 4.72. The zero-order chi connectivity index (χ0) is 20.4. The average Bonchev–Trinajstić information content (AvgIpc) is 3.13. The second-order valence-corrected chi connectivity index (χ2v) is 9.31. The summed E-state index contributed by atoms with van der Waals surface area (Å²) in [6.45, 7) is 11.4. The predicted octanol–water partition coefficient (Wildman–Crippen LogP) is 3.14. The van der Waals surface area contributed by atoms with Crippen LogP contribution in [0.1, 0.15) is 45.4 Å². The van der Waals surface area contributed by atoms with E-state index in [4.69, 9.17) is 4.52 Å². The van der Waals surface area contributed by atoms with Gasteiger partial charge >= 0.3 is 0 Å². The first-order valence-corrected chi connectivity index (χ1v) is 10.8. The molecule has 2 fully saturated rings. The van der Waals surface area contributed by atoms with E-state index in [1.165, 1.54) is 13.0 Å². The van der Waals surface area contributed by atoms with Crippen molar-refractivity contribution in [3.63, 3.8) is 0 Å². The predicted molar refractivity (Wildman–Crippen MR) is 113 cm³/mol. The number of rotatable bonds is 5. The van der Waals surface area contributed by atoms with E-state index in [0.29, 0.717) is 18.3 Å². The van der Waals surface area contributed by atoms with Crippen LogP contribution in [0.3, 0.4) is 0 Å². The first-order chi connectivity index (χ1) is 13.9. The summed E-state index contributed by atoms with van der Waals surface area (Å²) in [5, 5.41) is 14.5. The van der Waals surface area contributed by atoms with Crippen LogP contribution in [0.4, 0.5) is 5.82 Å². The van der Waals surface area contributed by atoms with Crippen LogP contribution in [0, 0.1) is 18.3 Å². The van der Waals surface area contributed by atoms with Gasteiger partial charge in [-0.3, -0.25) is 0 Å². The minimum absolute atomic E-state index is 0.171. The van der Waals surface area contributed by atoms with Crippen molar-refractivity contribution in [2.24, 2.45) is 11.3 Å². The molecule has 0 bridgehead atoms. The molecule has 158 valence electrons. The molecule has 2 aliphatic rings. The summed E-state index contributed by atoms with van der Waals surface area (Å²) < 4.78 is 5.31. The molecular weight excluding hydrogens is 366 g/mol. The molecule has 0 aromatic carbocycles. The van der Waals surface area contributed by atoms with Gasteiger partial charge in [0.25, 0.3) is 5.89 Å². The Hall–Kier alpha value is -1.99. The van der Waals surface area contributed by atoms with E-state index in [2.05, 4.69) is 38.8 Å². The molecule has 1 unspecified atom stereocenters. The molecule has 2 aliphatic heterocycles. The summed E-state index contributed by atoms with van der Waals surface area (Å²) in [7, 11) is 0. The molecule has 29 heavy (non-hydrogen) atoms. The molecular formula is C22H33N5O2. The smallest absolute Gasteiger partial charge is 0.258 e. The van der Waals surface area contributed by atoms with Gasteiger partial charge in [0.2, 0.25) is 0 Å². The van der Waals surface area contributed by atoms with Crippen molar-refractivity contribution in [1.29, 1.82) is 0 Å². The van der Waals surface area contributed by atoms with E-state index in [9.17, 15) is 5.11 Å². The van der Waals surface area contributed by atoms with E-state index in [0.717, 1.165) is 56.2 Å². The third-order valence-corrected chi connectivity index (χ3v) is 6.41. The van der Waals surface area contributed by atoms with Gasteiger partial charge in [-0.1, -0.05) is 19.0 Å². The van der Waals surface area contributed by atoms with Gasteiger partial charge in [-0.25, -0.2) is 4.98 Å². The van der Waals surface area contributed by atoms with E-state index >= 15 is 0 Å². The number of piperidine rings is 2. The molecule has 4 heterocycles. The molecule has 7 heteroatoms. The zero-order valence-electron chi connectivity index (χ0n) is 17.8. The third-order valence-electron chi connectivity index (χ3n) is 6.41. The Morgan fingerprint density at radius 1 is 1.31 bits per heavy atom. The lowest BCUT2D eigenvalue weighted by atomic mass is 9.71. The molecule has 1 N–H and O–H groups in total. The van der Waals surface area contributed by atoms with Crippen molar-refractivity contribution in [1.82, 2.24) is 20.0 Å². The molecule has 1 atom stereocenters. The molecule has 4 rings (SSSR count). The maximum absolute atomic E-state index is 10.7. The Kier molecular flexibility index (Phi) is 5.88. The van der Waals surface area contributed by atoms with Gasteiger partial charge in [-0.2, -0.15) is 4.98 Å². The molecule has 7 nitrogen and oxygen atoms in total. The van der Waals surface area contributed by atoms with Crippen molar-refractivity contribution >= 4 is 5.82 Å². The second-order valence-electron chi connectivity index (χ2n) is 9.31. The summed E-state index contributed by atoms with van der Waals surface area (Å²) in [5.41, 5.74) is 1.04. The Bertz CT molecular complexity index is 813. The van der Waals surface area contributed by atoms with Gasteiger partial charge < -0.3 is 19.4 Å². The van der Waals surface area contributed by atoms with Crippen LogP contribution in [-0.2, 0) is 0 Å². The highest BCUT2D eigenvalue weighted by molar-refractivity contribution is 5.59. The van der Waals surface area contributed by atoms with Gasteiger partial charge in [0.05, 0.1) is 6.10 Å². The SMILES string of the molecule is Cc1noc(-c2ccnc(N3CC(O)CC4(CCN(CCC(C)C)CC4)C3)c2)n1. The Morgan fingerprint density at radius 3 is 2.79 bits per heavy atom. The number of aryl methyl sites for hydroxylation is 1. The van der Waals surface area contributed by atoms with Gasteiger partial charge in [0.1, 0.15) is 5.82 Å². The number of aliphatic hydroxyl groups excluding tert-OH is 1. The van der Waals surface area contributed by atoms with E-state index < -0.39 is 0 Å². The van der Waals surface area contributed by atoms with E-state index in [-0.39, 0.29) is 11.5 Å². The summed E-state index contributed by atoms with van der Waals surface area (Å²) in [5.74, 6) is 2.75. The average molecular weight is 400 g/mol. The second kappa shape index (κ2) is 8.40. The van der Waals surface area contributed by atoms with Crippen LogP contribution < -0.4 is 4.90 Å². The van der Waals surface area contributed by atoms with Crippen molar-refractivity contribution < 1.29 is 9.63 Å². The lowest BCUT2D eigenvalue weighted by molar-refractivity contribution is 0.0255. The number of aliphatic hydroxyl groups is 1. The van der Waals surface area contributed by atoms with Crippen LogP contribution in [0.2, 0.25) is 0 Å². The maximum Gasteiger partial charge on any atom is 0.258 e. The minimum atomic E-state index is -0.318. The molecule has 0 aliphatic carbocycles. The molecule has 2 aromatic heterocycles. The Morgan fingerprint density at radius 2 is 2.10 bits per heavy atom. The quantitative estimate of drug-likeness (QED) is 0.827. The highest BCUT2D eigenvalue weighted by Gasteiger charge is 2.41. The summed E-state index contributed by atoms with van der Waals surface area (Å²) in [4.78, 5) is 13.7. The van der Waals surface area contributed by atoms with Crippen molar-refractivity contribution in [3.8, 4) is 11.5 Å². The van der Waals surface area contributed by atoms with Crippen LogP contribution in [0.15, 0.2) is 22.9 Å². The highest BCUT2D eigenvalue weighted by Crippen LogP contribution is 2.41. The Labute approximate surface area is 173 Å². The standard InChI is InChI=1S/C22H33N5O2/c1-16(2)5-9-26-10-6-22(7-11-26)13-19(28)14-27(15-22)20-12-18(4-8-23-20)21-24-17(3)25-29-21/h4,8,12,16,19,28H,5-7,9-11,13-15H2,1-3H3. The third kappa shape index (κ3) is 4.78. The summed E-state index contributed by atoms with van der Waals surface area (Å²) >= 11 is 0. The van der Waals surface area contributed by atoms with Gasteiger partial charge in [0, 0.05) is 24.8 Å². The van der Waals surface area contributed by atoms with E-state index in [1.807, 2.05) is 19.1 Å². The lowest BCUT2D eigenvalue weighted by Gasteiger charge is -2.49. The molecule has 2 aromatic rings. The zero-order valence-corrected chi connectivity index (χ0v) is 17.8. The van der Waals surface area contributed by atoms with Crippen LogP contribution in [0.25, 0.3) is 11.5 Å². The lowest BCUT2D eigenvalue weighted by Crippen LogP contribution is -2.54. The molecule has 2 saturated heterocycles. The summed E-state index contributed by atoms with van der Waals surface area (Å²) in [6, 6.07) is 3.89. The normalized spacial score (nSPS) is 22.5. The number of hydrogen-bond donors (Lipinski definition) is 1. The van der Waals surface area contributed by atoms with Crippen molar-refractivity contribution in [3.05, 3.63) is 24.2 Å². The van der Waals surface area contributed by atoms with E-state index in [1.54, 1.807) is 6.20 Å².